The molecule has 0 spiro atoms. The molecule has 1 rings (SSSR count). The van der Waals surface area contributed by atoms with Gasteiger partial charge < -0.3 is 10.4 Å². The number of carbonyl (C=O) groups excluding carboxylic acids is 1. The molecule has 0 heterocycles. The maximum Gasteiger partial charge on any atom is 0.244 e. The molecule has 0 radical (unpaired) electrons. The molecule has 0 atom stereocenters. The Bertz CT molecular complexity index is 419. The Morgan fingerprint density at radius 1 is 1.41 bits per heavy atom. The summed E-state index contributed by atoms with van der Waals surface area (Å²) in [6.45, 7) is 0.515. The molecule has 0 bridgehead atoms. The fourth-order valence-electron chi connectivity index (χ4n) is 1.15. The molecule has 0 saturated carbocycles. The van der Waals surface area contributed by atoms with E-state index in [0.29, 0.717) is 23.0 Å². The van der Waals surface area contributed by atoms with Gasteiger partial charge in [-0.15, -0.1) is 0 Å². The summed E-state index contributed by atoms with van der Waals surface area (Å²) in [6.07, 6.45) is 3.56. The number of hydrogen-bond acceptors (Lipinski definition) is 2. The summed E-state index contributed by atoms with van der Waals surface area (Å²) >= 11 is 11.7. The summed E-state index contributed by atoms with van der Waals surface area (Å²) in [5.74, 6) is -0.218. The normalized spacial score (nSPS) is 10.8. The highest BCUT2D eigenvalue weighted by Gasteiger charge is 1.99. The molecule has 0 aromatic heterocycles. The highest BCUT2D eigenvalue weighted by molar-refractivity contribution is 6.35. The van der Waals surface area contributed by atoms with E-state index in [1.54, 1.807) is 24.3 Å². The molecular weight excluding hydrogens is 261 g/mol. The molecule has 0 aliphatic heterocycles. The Morgan fingerprint density at radius 3 is 2.82 bits per heavy atom. The molecule has 0 aliphatic carbocycles. The first-order valence-corrected chi connectivity index (χ1v) is 5.91. The van der Waals surface area contributed by atoms with Crippen LogP contribution >= 0.6 is 23.2 Å². The minimum atomic E-state index is -0.218. The quantitative estimate of drug-likeness (QED) is 0.640. The van der Waals surface area contributed by atoms with E-state index >= 15 is 0 Å². The smallest absolute Gasteiger partial charge is 0.244 e. The Labute approximate surface area is 110 Å². The molecular formula is C12H13Cl2NO2. The van der Waals surface area contributed by atoms with Crippen molar-refractivity contribution in [2.24, 2.45) is 0 Å². The monoisotopic (exact) mass is 273 g/mol. The number of benzene rings is 1. The van der Waals surface area contributed by atoms with E-state index in [1.165, 1.54) is 6.08 Å². The predicted octanol–water partition coefficient (Wildman–Crippen LogP) is 2.51. The highest BCUT2D eigenvalue weighted by Crippen LogP contribution is 2.21. The van der Waals surface area contributed by atoms with E-state index in [9.17, 15) is 4.79 Å². The van der Waals surface area contributed by atoms with Crippen molar-refractivity contribution in [1.82, 2.24) is 5.32 Å². The first kappa shape index (κ1) is 14.0. The Hall–Kier alpha value is -1.03. The second-order valence-corrected chi connectivity index (χ2v) is 4.21. The predicted molar refractivity (Wildman–Crippen MR) is 70.2 cm³/mol. The molecule has 1 aromatic carbocycles. The molecule has 1 amide bonds. The van der Waals surface area contributed by atoms with Crippen molar-refractivity contribution in [1.29, 1.82) is 0 Å². The number of hydrogen-bond donors (Lipinski definition) is 2. The third kappa shape index (κ3) is 5.22. The zero-order chi connectivity index (χ0) is 12.7. The van der Waals surface area contributed by atoms with Crippen LogP contribution in [0.4, 0.5) is 0 Å². The van der Waals surface area contributed by atoms with Gasteiger partial charge in [-0.25, -0.2) is 0 Å². The minimum absolute atomic E-state index is 0.0625. The van der Waals surface area contributed by atoms with Gasteiger partial charge in [0.25, 0.3) is 0 Å². The summed E-state index contributed by atoms with van der Waals surface area (Å²) in [5, 5.41) is 12.2. The lowest BCUT2D eigenvalue weighted by atomic mass is 10.2. The van der Waals surface area contributed by atoms with Crippen LogP contribution < -0.4 is 5.32 Å². The topological polar surface area (TPSA) is 49.3 Å². The zero-order valence-corrected chi connectivity index (χ0v) is 10.6. The van der Waals surface area contributed by atoms with E-state index in [-0.39, 0.29) is 12.5 Å². The van der Waals surface area contributed by atoms with Crippen LogP contribution in [-0.2, 0) is 4.79 Å². The van der Waals surface area contributed by atoms with Gasteiger partial charge in [0.2, 0.25) is 5.91 Å². The van der Waals surface area contributed by atoms with Crippen LogP contribution in [-0.4, -0.2) is 24.2 Å². The van der Waals surface area contributed by atoms with Crippen molar-refractivity contribution >= 4 is 35.2 Å². The maximum atomic E-state index is 11.3. The van der Waals surface area contributed by atoms with Gasteiger partial charge in [0.15, 0.2) is 0 Å². The fraction of sp³-hybridized carbons (Fsp3) is 0.250. The maximum absolute atomic E-state index is 11.3. The van der Waals surface area contributed by atoms with Crippen LogP contribution in [0.15, 0.2) is 24.3 Å². The largest absolute Gasteiger partial charge is 0.396 e. The standard InChI is InChI=1S/C12H13Cl2NO2/c13-10-4-2-9(11(14)8-10)3-5-12(17)15-6-1-7-16/h2-5,8,16H,1,6-7H2,(H,15,17)/b5-3+. The van der Waals surface area contributed by atoms with Crippen molar-refractivity contribution in [2.45, 2.75) is 6.42 Å². The molecule has 0 fully saturated rings. The van der Waals surface area contributed by atoms with Crippen LogP contribution in [0, 0.1) is 0 Å². The summed E-state index contributed by atoms with van der Waals surface area (Å²) in [6, 6.07) is 5.06. The van der Waals surface area contributed by atoms with Gasteiger partial charge in [0, 0.05) is 29.3 Å². The van der Waals surface area contributed by atoms with Gasteiger partial charge in [-0.3, -0.25) is 4.79 Å². The molecule has 92 valence electrons. The zero-order valence-electron chi connectivity index (χ0n) is 9.12. The third-order valence-electron chi connectivity index (χ3n) is 2.01. The lowest BCUT2D eigenvalue weighted by molar-refractivity contribution is -0.116. The first-order valence-electron chi connectivity index (χ1n) is 5.15. The molecule has 0 unspecified atom stereocenters. The van der Waals surface area contributed by atoms with Gasteiger partial charge in [-0.05, 0) is 30.2 Å². The molecule has 0 saturated heterocycles. The molecule has 2 N–H and O–H groups in total. The lowest BCUT2D eigenvalue weighted by Gasteiger charge is -2.00. The summed E-state index contributed by atoms with van der Waals surface area (Å²) < 4.78 is 0. The van der Waals surface area contributed by atoms with Crippen LogP contribution in [0.3, 0.4) is 0 Å². The summed E-state index contributed by atoms with van der Waals surface area (Å²) in [5.41, 5.74) is 0.730. The molecule has 1 aromatic rings. The summed E-state index contributed by atoms with van der Waals surface area (Å²) in [7, 11) is 0. The van der Waals surface area contributed by atoms with E-state index in [4.69, 9.17) is 28.3 Å². The van der Waals surface area contributed by atoms with Gasteiger partial charge in [-0.2, -0.15) is 0 Å². The van der Waals surface area contributed by atoms with Crippen molar-refractivity contribution in [3.63, 3.8) is 0 Å². The number of aliphatic hydroxyl groups excluding tert-OH is 1. The number of rotatable bonds is 5. The van der Waals surface area contributed by atoms with Crippen LogP contribution in [0.1, 0.15) is 12.0 Å². The van der Waals surface area contributed by atoms with Gasteiger partial charge in [0.1, 0.15) is 0 Å². The Morgan fingerprint density at radius 2 is 2.18 bits per heavy atom. The Balaban J connectivity index is 2.55. The van der Waals surface area contributed by atoms with Crippen LogP contribution in [0.25, 0.3) is 6.08 Å². The molecule has 5 heteroatoms. The van der Waals surface area contributed by atoms with E-state index < -0.39 is 0 Å². The third-order valence-corrected chi connectivity index (χ3v) is 2.57. The Kier molecular flexibility index (Phi) is 6.05. The van der Waals surface area contributed by atoms with Gasteiger partial charge >= 0.3 is 0 Å². The SMILES string of the molecule is O=C(/C=C/c1ccc(Cl)cc1Cl)NCCCO. The van der Waals surface area contributed by atoms with Crippen molar-refractivity contribution in [3.8, 4) is 0 Å². The molecule has 3 nitrogen and oxygen atoms in total. The van der Waals surface area contributed by atoms with Crippen molar-refractivity contribution in [3.05, 3.63) is 39.9 Å². The van der Waals surface area contributed by atoms with E-state index in [1.807, 2.05) is 0 Å². The fourth-order valence-corrected chi connectivity index (χ4v) is 1.62. The number of amides is 1. The van der Waals surface area contributed by atoms with E-state index in [2.05, 4.69) is 5.32 Å². The van der Waals surface area contributed by atoms with Gasteiger partial charge in [-0.1, -0.05) is 29.3 Å². The number of aliphatic hydroxyl groups is 1. The minimum Gasteiger partial charge on any atom is -0.396 e. The second-order valence-electron chi connectivity index (χ2n) is 3.37. The summed E-state index contributed by atoms with van der Waals surface area (Å²) in [4.78, 5) is 11.3. The van der Waals surface area contributed by atoms with E-state index in [0.717, 1.165) is 5.56 Å². The van der Waals surface area contributed by atoms with Crippen LogP contribution in [0.2, 0.25) is 10.0 Å². The average Bonchev–Trinajstić information content (AvgIpc) is 2.28. The average molecular weight is 274 g/mol. The molecule has 0 aliphatic rings. The number of nitrogens with one attached hydrogen (secondary N) is 1. The highest BCUT2D eigenvalue weighted by atomic mass is 35.5. The number of halogens is 2. The lowest BCUT2D eigenvalue weighted by Crippen LogP contribution is -2.22. The molecule has 17 heavy (non-hydrogen) atoms. The van der Waals surface area contributed by atoms with Gasteiger partial charge in [0.05, 0.1) is 0 Å². The second kappa shape index (κ2) is 7.33. The number of carbonyl (C=O) groups is 1. The van der Waals surface area contributed by atoms with Crippen molar-refractivity contribution in [2.75, 3.05) is 13.2 Å². The first-order chi connectivity index (χ1) is 8.13. The van der Waals surface area contributed by atoms with Crippen molar-refractivity contribution < 1.29 is 9.90 Å². The van der Waals surface area contributed by atoms with Crippen LogP contribution in [0.5, 0.6) is 0 Å².